The molecule has 2 amide bonds. The highest BCUT2D eigenvalue weighted by atomic mass is 19.1. The molecule has 23 heavy (non-hydrogen) atoms. The summed E-state index contributed by atoms with van der Waals surface area (Å²) in [7, 11) is 0. The summed E-state index contributed by atoms with van der Waals surface area (Å²) < 4.78 is 13.6. The molecule has 2 aromatic rings. The molecule has 3 rings (SSSR count). The number of aryl methyl sites for hydroxylation is 1. The highest BCUT2D eigenvalue weighted by Crippen LogP contribution is 2.27. The second-order valence-corrected chi connectivity index (χ2v) is 5.71. The standard InChI is InChI=1S/C18H19FN2O2/c19-15-7-6-14-3-1-2-10-21(17(14)11-15)18(23)20-12-13-4-8-16(22)9-5-13/h4-9,11,22H,1-3,10,12H2,(H,20,23). The van der Waals surface area contributed by atoms with Gasteiger partial charge < -0.3 is 10.4 Å². The van der Waals surface area contributed by atoms with Gasteiger partial charge in [0.1, 0.15) is 11.6 Å². The first kappa shape index (κ1) is 15.3. The number of amides is 2. The van der Waals surface area contributed by atoms with E-state index >= 15 is 0 Å². The maximum Gasteiger partial charge on any atom is 0.322 e. The van der Waals surface area contributed by atoms with Gasteiger partial charge in [-0.05, 0) is 54.7 Å². The molecule has 2 aromatic carbocycles. The Morgan fingerprint density at radius 1 is 1.17 bits per heavy atom. The van der Waals surface area contributed by atoms with Crippen molar-refractivity contribution in [2.75, 3.05) is 11.4 Å². The van der Waals surface area contributed by atoms with Gasteiger partial charge in [0.2, 0.25) is 0 Å². The minimum atomic E-state index is -0.331. The van der Waals surface area contributed by atoms with Crippen LogP contribution in [0, 0.1) is 5.82 Å². The van der Waals surface area contributed by atoms with E-state index in [4.69, 9.17) is 0 Å². The summed E-state index contributed by atoms with van der Waals surface area (Å²) in [5, 5.41) is 12.1. The molecule has 1 aliphatic rings. The van der Waals surface area contributed by atoms with Crippen LogP contribution in [0.2, 0.25) is 0 Å². The second kappa shape index (κ2) is 6.69. The van der Waals surface area contributed by atoms with Gasteiger partial charge in [-0.25, -0.2) is 9.18 Å². The van der Waals surface area contributed by atoms with Crippen molar-refractivity contribution >= 4 is 11.7 Å². The van der Waals surface area contributed by atoms with Crippen LogP contribution >= 0.6 is 0 Å². The lowest BCUT2D eigenvalue weighted by Gasteiger charge is -2.23. The number of phenolic OH excluding ortho intramolecular Hbond substituents is 1. The Morgan fingerprint density at radius 2 is 1.96 bits per heavy atom. The van der Waals surface area contributed by atoms with Gasteiger partial charge in [0, 0.05) is 13.1 Å². The van der Waals surface area contributed by atoms with Crippen LogP contribution in [0.15, 0.2) is 42.5 Å². The summed E-state index contributed by atoms with van der Waals surface area (Å²) in [6.45, 7) is 0.943. The van der Waals surface area contributed by atoms with Gasteiger partial charge in [0.25, 0.3) is 0 Å². The molecule has 2 N–H and O–H groups in total. The normalized spacial score (nSPS) is 14.0. The molecule has 1 heterocycles. The number of nitrogens with zero attached hydrogens (tertiary/aromatic N) is 1. The zero-order chi connectivity index (χ0) is 16.2. The summed E-state index contributed by atoms with van der Waals surface area (Å²) in [4.78, 5) is 14.1. The lowest BCUT2D eigenvalue weighted by Crippen LogP contribution is -2.40. The molecular weight excluding hydrogens is 295 g/mol. The third-order valence-corrected chi connectivity index (χ3v) is 4.04. The number of urea groups is 1. The number of phenols is 1. The molecule has 0 spiro atoms. The van der Waals surface area contributed by atoms with Gasteiger partial charge in [0.05, 0.1) is 5.69 Å². The molecule has 0 fully saturated rings. The molecule has 4 nitrogen and oxygen atoms in total. The molecular formula is C18H19FN2O2. The highest BCUT2D eigenvalue weighted by Gasteiger charge is 2.21. The SMILES string of the molecule is O=C(NCc1ccc(O)cc1)N1CCCCc2ccc(F)cc21. The second-order valence-electron chi connectivity index (χ2n) is 5.71. The Labute approximate surface area is 134 Å². The molecule has 0 aromatic heterocycles. The van der Waals surface area contributed by atoms with Crippen molar-refractivity contribution in [3.63, 3.8) is 0 Å². The average molecular weight is 314 g/mol. The lowest BCUT2D eigenvalue weighted by molar-refractivity contribution is 0.246. The van der Waals surface area contributed by atoms with E-state index in [2.05, 4.69) is 5.32 Å². The van der Waals surface area contributed by atoms with Gasteiger partial charge in [-0.3, -0.25) is 4.90 Å². The quantitative estimate of drug-likeness (QED) is 0.890. The molecule has 1 aliphatic heterocycles. The Morgan fingerprint density at radius 3 is 2.74 bits per heavy atom. The number of fused-ring (bicyclic) bond motifs is 1. The molecule has 0 atom stereocenters. The smallest absolute Gasteiger partial charge is 0.322 e. The molecule has 0 saturated carbocycles. The van der Waals surface area contributed by atoms with Gasteiger partial charge >= 0.3 is 6.03 Å². The summed E-state index contributed by atoms with van der Waals surface area (Å²) >= 11 is 0. The van der Waals surface area contributed by atoms with Crippen molar-refractivity contribution in [1.29, 1.82) is 0 Å². The predicted octanol–water partition coefficient (Wildman–Crippen LogP) is 3.58. The van der Waals surface area contributed by atoms with Gasteiger partial charge in [-0.2, -0.15) is 0 Å². The van der Waals surface area contributed by atoms with Gasteiger partial charge in [-0.15, -0.1) is 0 Å². The van der Waals surface area contributed by atoms with Crippen molar-refractivity contribution in [2.45, 2.75) is 25.8 Å². The van der Waals surface area contributed by atoms with E-state index in [1.165, 1.54) is 12.1 Å². The van der Waals surface area contributed by atoms with Crippen LogP contribution in [-0.4, -0.2) is 17.7 Å². The molecule has 120 valence electrons. The Hall–Kier alpha value is -2.56. The van der Waals surface area contributed by atoms with Crippen molar-refractivity contribution in [1.82, 2.24) is 5.32 Å². The Bertz CT molecular complexity index is 701. The van der Waals surface area contributed by atoms with E-state index in [1.54, 1.807) is 35.2 Å². The van der Waals surface area contributed by atoms with Gasteiger partial charge in [-0.1, -0.05) is 18.2 Å². The number of carbonyl (C=O) groups excluding carboxylic acids is 1. The van der Waals surface area contributed by atoms with Crippen LogP contribution in [0.3, 0.4) is 0 Å². The van der Waals surface area contributed by atoms with E-state index in [9.17, 15) is 14.3 Å². The van der Waals surface area contributed by atoms with Crippen LogP contribution in [0.25, 0.3) is 0 Å². The first-order chi connectivity index (χ1) is 11.1. The minimum Gasteiger partial charge on any atom is -0.508 e. The number of carbonyl (C=O) groups is 1. The fourth-order valence-electron chi connectivity index (χ4n) is 2.80. The molecule has 0 aliphatic carbocycles. The third-order valence-electron chi connectivity index (χ3n) is 4.04. The fraction of sp³-hybridized carbons (Fsp3) is 0.278. The number of benzene rings is 2. The Balaban J connectivity index is 1.74. The van der Waals surface area contributed by atoms with E-state index in [1.807, 2.05) is 0 Å². The van der Waals surface area contributed by atoms with Crippen LogP contribution in [0.5, 0.6) is 5.75 Å². The van der Waals surface area contributed by atoms with Crippen molar-refractivity contribution in [2.24, 2.45) is 0 Å². The lowest BCUT2D eigenvalue weighted by atomic mass is 10.1. The van der Waals surface area contributed by atoms with E-state index in [0.717, 1.165) is 30.4 Å². The number of hydrogen-bond acceptors (Lipinski definition) is 2. The predicted molar refractivity (Wildman–Crippen MR) is 87.0 cm³/mol. The molecule has 5 heteroatoms. The summed E-state index contributed by atoms with van der Waals surface area (Å²) in [6.07, 6.45) is 2.74. The number of hydrogen-bond donors (Lipinski definition) is 2. The molecule has 0 radical (unpaired) electrons. The largest absolute Gasteiger partial charge is 0.508 e. The van der Waals surface area contributed by atoms with Crippen LogP contribution in [0.1, 0.15) is 24.0 Å². The number of rotatable bonds is 2. The number of anilines is 1. The summed E-state index contributed by atoms with van der Waals surface area (Å²) in [5.41, 5.74) is 2.56. The topological polar surface area (TPSA) is 52.6 Å². The van der Waals surface area contributed by atoms with Crippen molar-refractivity contribution < 1.29 is 14.3 Å². The zero-order valence-electron chi connectivity index (χ0n) is 12.8. The van der Waals surface area contributed by atoms with Crippen molar-refractivity contribution in [3.8, 4) is 5.75 Å². The molecule has 0 saturated heterocycles. The van der Waals surface area contributed by atoms with Crippen LogP contribution in [0.4, 0.5) is 14.9 Å². The van der Waals surface area contributed by atoms with Gasteiger partial charge in [0.15, 0.2) is 0 Å². The van der Waals surface area contributed by atoms with E-state index < -0.39 is 0 Å². The minimum absolute atomic E-state index is 0.192. The zero-order valence-corrected chi connectivity index (χ0v) is 12.8. The monoisotopic (exact) mass is 314 g/mol. The van der Waals surface area contributed by atoms with Crippen molar-refractivity contribution in [3.05, 3.63) is 59.4 Å². The first-order valence-corrected chi connectivity index (χ1v) is 7.75. The summed E-state index contributed by atoms with van der Waals surface area (Å²) in [5.74, 6) is -0.140. The Kier molecular flexibility index (Phi) is 4.46. The van der Waals surface area contributed by atoms with Crippen LogP contribution in [-0.2, 0) is 13.0 Å². The summed E-state index contributed by atoms with van der Waals surface area (Å²) in [6, 6.07) is 11.1. The molecule has 0 bridgehead atoms. The number of nitrogens with one attached hydrogen (secondary N) is 1. The van der Waals surface area contributed by atoms with E-state index in [0.29, 0.717) is 18.8 Å². The maximum absolute atomic E-state index is 13.6. The average Bonchev–Trinajstić information content (AvgIpc) is 2.76. The van der Waals surface area contributed by atoms with Crippen LogP contribution < -0.4 is 10.2 Å². The maximum atomic E-state index is 13.6. The third kappa shape index (κ3) is 3.62. The highest BCUT2D eigenvalue weighted by molar-refractivity contribution is 5.93. The number of aromatic hydroxyl groups is 1. The number of halogens is 1. The van der Waals surface area contributed by atoms with E-state index in [-0.39, 0.29) is 17.6 Å². The fourth-order valence-corrected chi connectivity index (χ4v) is 2.80. The molecule has 0 unspecified atom stereocenters. The first-order valence-electron chi connectivity index (χ1n) is 7.75.